The third-order valence-corrected chi connectivity index (χ3v) is 7.88. The Morgan fingerprint density at radius 2 is 1.49 bits per heavy atom. The van der Waals surface area contributed by atoms with Crippen molar-refractivity contribution in [1.29, 1.82) is 0 Å². The second kappa shape index (κ2) is 6.10. The molecule has 0 fully saturated rings. The van der Waals surface area contributed by atoms with Gasteiger partial charge in [0, 0.05) is 23.2 Å². The van der Waals surface area contributed by atoms with Crippen LogP contribution in [0.3, 0.4) is 0 Å². The summed E-state index contributed by atoms with van der Waals surface area (Å²) in [4.78, 5) is 14.6. The summed E-state index contributed by atoms with van der Waals surface area (Å²) in [7, 11) is 0. The van der Waals surface area contributed by atoms with Crippen molar-refractivity contribution in [2.24, 2.45) is 0 Å². The first kappa shape index (κ1) is 17.8. The molecule has 0 unspecified atom stereocenters. The van der Waals surface area contributed by atoms with Crippen LogP contribution in [0, 0.1) is 0 Å². The number of fused-ring (bicyclic) bond motifs is 15. The number of nitrogens with zero attached hydrogens (tertiary/aromatic N) is 4. The normalized spacial score (nSPS) is 13.5. The van der Waals surface area contributed by atoms with Gasteiger partial charge in [-0.15, -0.1) is 0 Å². The molecule has 0 saturated heterocycles. The van der Waals surface area contributed by atoms with Crippen LogP contribution in [0.2, 0.25) is 0 Å². The zero-order valence-electron chi connectivity index (χ0n) is 18.8. The molecule has 0 radical (unpaired) electrons. The summed E-state index contributed by atoms with van der Waals surface area (Å²) in [6.45, 7) is 0. The third kappa shape index (κ3) is 2.15. The van der Waals surface area contributed by atoms with E-state index in [0.29, 0.717) is 0 Å². The molecule has 9 rings (SSSR count). The van der Waals surface area contributed by atoms with Gasteiger partial charge in [-0.1, -0.05) is 42.5 Å². The molecule has 4 aromatic heterocycles. The second-order valence-corrected chi connectivity index (χ2v) is 9.69. The number of hydrogen-bond acceptors (Lipinski definition) is 3. The van der Waals surface area contributed by atoms with Gasteiger partial charge in [0.05, 0.1) is 11.0 Å². The SMILES string of the molecule is c1ccc2c(c1)Cc1cc3c(cc1-2)-c1c(ccc2c1c1ncccc1n1c4ncccc4nc21)C3. The number of rotatable bonds is 0. The molecule has 162 valence electrons. The summed E-state index contributed by atoms with van der Waals surface area (Å²) < 4.78 is 2.17. The van der Waals surface area contributed by atoms with E-state index in [9.17, 15) is 0 Å². The Morgan fingerprint density at radius 1 is 0.629 bits per heavy atom. The topological polar surface area (TPSA) is 43.1 Å². The Labute approximate surface area is 200 Å². The molecule has 0 N–H and O–H groups in total. The number of benzene rings is 3. The van der Waals surface area contributed by atoms with Gasteiger partial charge in [0.2, 0.25) is 0 Å². The predicted molar refractivity (Wildman–Crippen MR) is 140 cm³/mol. The minimum Gasteiger partial charge on any atom is -0.274 e. The molecular weight excluding hydrogens is 428 g/mol. The molecule has 4 heterocycles. The molecule has 0 bridgehead atoms. The van der Waals surface area contributed by atoms with Crippen LogP contribution in [-0.4, -0.2) is 19.4 Å². The van der Waals surface area contributed by atoms with Crippen LogP contribution in [0.15, 0.2) is 85.2 Å². The monoisotopic (exact) mass is 446 g/mol. The van der Waals surface area contributed by atoms with E-state index in [1.165, 1.54) is 49.9 Å². The zero-order valence-corrected chi connectivity index (χ0v) is 18.8. The summed E-state index contributed by atoms with van der Waals surface area (Å²) in [5.74, 6) is 0. The lowest BCUT2D eigenvalue weighted by Crippen LogP contribution is -1.96. The highest BCUT2D eigenvalue weighted by Crippen LogP contribution is 2.48. The number of hydrogen-bond donors (Lipinski definition) is 0. The molecular formula is C31H18N4. The van der Waals surface area contributed by atoms with E-state index >= 15 is 0 Å². The molecule has 0 spiro atoms. The maximum Gasteiger partial charge on any atom is 0.165 e. The highest BCUT2D eigenvalue weighted by molar-refractivity contribution is 6.19. The largest absolute Gasteiger partial charge is 0.274 e. The minimum atomic E-state index is 0.873. The molecule has 0 aliphatic heterocycles. The molecule has 4 nitrogen and oxygen atoms in total. The fourth-order valence-electron chi connectivity index (χ4n) is 6.44. The van der Waals surface area contributed by atoms with Gasteiger partial charge in [0.25, 0.3) is 0 Å². The molecule has 4 heteroatoms. The van der Waals surface area contributed by atoms with Gasteiger partial charge in [-0.3, -0.25) is 9.38 Å². The summed E-state index contributed by atoms with van der Waals surface area (Å²) in [6, 6.07) is 26.3. The van der Waals surface area contributed by atoms with Crippen molar-refractivity contribution in [3.8, 4) is 22.3 Å². The van der Waals surface area contributed by atoms with Crippen molar-refractivity contribution in [2.45, 2.75) is 12.8 Å². The van der Waals surface area contributed by atoms with E-state index in [1.807, 2.05) is 30.6 Å². The van der Waals surface area contributed by atoms with E-state index in [1.54, 1.807) is 0 Å². The molecule has 0 amide bonds. The molecule has 2 aliphatic rings. The smallest absolute Gasteiger partial charge is 0.165 e. The van der Waals surface area contributed by atoms with Gasteiger partial charge < -0.3 is 0 Å². The van der Waals surface area contributed by atoms with Gasteiger partial charge >= 0.3 is 0 Å². The van der Waals surface area contributed by atoms with Crippen molar-refractivity contribution in [2.75, 3.05) is 0 Å². The fraction of sp³-hybridized carbons (Fsp3) is 0.0645. The van der Waals surface area contributed by atoms with E-state index in [2.05, 4.69) is 64.0 Å². The second-order valence-electron chi connectivity index (χ2n) is 9.69. The molecule has 7 aromatic rings. The summed E-state index contributed by atoms with van der Waals surface area (Å²) in [6.07, 6.45) is 5.71. The Kier molecular flexibility index (Phi) is 3.11. The Balaban J connectivity index is 1.46. The first-order chi connectivity index (χ1) is 17.3. The van der Waals surface area contributed by atoms with Crippen LogP contribution in [0.4, 0.5) is 0 Å². The predicted octanol–water partition coefficient (Wildman–Crippen LogP) is 6.73. The molecule has 3 aromatic carbocycles. The highest BCUT2D eigenvalue weighted by atomic mass is 15.1. The molecule has 35 heavy (non-hydrogen) atoms. The van der Waals surface area contributed by atoms with Gasteiger partial charge in [0.15, 0.2) is 5.65 Å². The Hall–Kier alpha value is -4.57. The minimum absolute atomic E-state index is 0.873. The van der Waals surface area contributed by atoms with Gasteiger partial charge in [-0.25, -0.2) is 9.97 Å². The lowest BCUT2D eigenvalue weighted by molar-refractivity contribution is 1.21. The number of imidazole rings is 1. The third-order valence-electron chi connectivity index (χ3n) is 7.88. The first-order valence-electron chi connectivity index (χ1n) is 12.0. The first-order valence-corrected chi connectivity index (χ1v) is 12.0. The number of aromatic nitrogens is 4. The summed E-state index contributed by atoms with van der Waals surface area (Å²) >= 11 is 0. The van der Waals surface area contributed by atoms with E-state index in [-0.39, 0.29) is 0 Å². The maximum atomic E-state index is 5.04. The number of pyridine rings is 3. The highest BCUT2D eigenvalue weighted by Gasteiger charge is 2.28. The van der Waals surface area contributed by atoms with Crippen molar-refractivity contribution < 1.29 is 0 Å². The lowest BCUT2D eigenvalue weighted by Gasteiger charge is -2.13. The van der Waals surface area contributed by atoms with Crippen molar-refractivity contribution >= 4 is 38.6 Å². The molecule has 2 aliphatic carbocycles. The fourth-order valence-corrected chi connectivity index (χ4v) is 6.44. The Morgan fingerprint density at radius 3 is 2.49 bits per heavy atom. The standard InChI is InChI=1S/C31H18N4/c1-2-6-21-17(5-1)13-19-15-20-14-18-9-10-22-28(27(18)24(20)16-23(19)21)29-26(8-4-11-32-29)35-30(22)34-25-7-3-12-33-31(25)35/h1-12,15-16H,13-14H2. The Bertz CT molecular complexity index is 2070. The van der Waals surface area contributed by atoms with Gasteiger partial charge in [-0.05, 0) is 87.7 Å². The van der Waals surface area contributed by atoms with E-state index < -0.39 is 0 Å². The lowest BCUT2D eigenvalue weighted by atomic mass is 9.94. The van der Waals surface area contributed by atoms with Crippen molar-refractivity contribution in [1.82, 2.24) is 19.4 Å². The molecule has 0 atom stereocenters. The molecule has 0 saturated carbocycles. The average molecular weight is 447 g/mol. The quantitative estimate of drug-likeness (QED) is 0.243. The summed E-state index contributed by atoms with van der Waals surface area (Å²) in [5.41, 5.74) is 15.8. The van der Waals surface area contributed by atoms with Crippen molar-refractivity contribution in [3.05, 3.63) is 107 Å². The van der Waals surface area contributed by atoms with Crippen LogP contribution in [0.25, 0.3) is 60.9 Å². The van der Waals surface area contributed by atoms with Crippen LogP contribution in [-0.2, 0) is 12.8 Å². The van der Waals surface area contributed by atoms with Crippen LogP contribution in [0.1, 0.15) is 22.3 Å². The van der Waals surface area contributed by atoms with Gasteiger partial charge in [-0.2, -0.15) is 0 Å². The van der Waals surface area contributed by atoms with E-state index in [4.69, 9.17) is 9.97 Å². The maximum absolute atomic E-state index is 5.04. The average Bonchev–Trinajstić information content (AvgIpc) is 3.58. The van der Waals surface area contributed by atoms with Crippen molar-refractivity contribution in [3.63, 3.8) is 0 Å². The van der Waals surface area contributed by atoms with Crippen LogP contribution in [0.5, 0.6) is 0 Å². The van der Waals surface area contributed by atoms with E-state index in [0.717, 1.165) is 46.1 Å². The summed E-state index contributed by atoms with van der Waals surface area (Å²) in [5, 5.41) is 2.33. The zero-order chi connectivity index (χ0) is 22.7. The van der Waals surface area contributed by atoms with Gasteiger partial charge in [0.1, 0.15) is 11.2 Å². The van der Waals surface area contributed by atoms with Crippen LogP contribution < -0.4 is 0 Å². The van der Waals surface area contributed by atoms with Crippen LogP contribution >= 0.6 is 0 Å².